The van der Waals surface area contributed by atoms with Gasteiger partial charge < -0.3 is 10.1 Å². The smallest absolute Gasteiger partial charge is 0.262 e. The molecule has 2 aromatic carbocycles. The highest BCUT2D eigenvalue weighted by Crippen LogP contribution is 2.29. The second-order valence-electron chi connectivity index (χ2n) is 4.77. The zero-order chi connectivity index (χ0) is 17.9. The van der Waals surface area contributed by atoms with E-state index in [9.17, 15) is 17.6 Å². The lowest BCUT2D eigenvalue weighted by molar-refractivity contribution is -0.114. The van der Waals surface area contributed by atoms with Gasteiger partial charge in [-0.3, -0.25) is 9.52 Å². The molecule has 9 heteroatoms. The van der Waals surface area contributed by atoms with E-state index in [0.717, 1.165) is 12.1 Å². The van der Waals surface area contributed by atoms with Crippen molar-refractivity contribution in [2.75, 3.05) is 17.1 Å². The molecule has 0 saturated carbocycles. The van der Waals surface area contributed by atoms with E-state index >= 15 is 0 Å². The van der Waals surface area contributed by atoms with Crippen molar-refractivity contribution in [1.29, 1.82) is 0 Å². The lowest BCUT2D eigenvalue weighted by Crippen LogP contribution is -2.15. The van der Waals surface area contributed by atoms with Crippen LogP contribution in [0.5, 0.6) is 5.75 Å². The number of methoxy groups -OCH3 is 1. The van der Waals surface area contributed by atoms with Gasteiger partial charge in [-0.2, -0.15) is 0 Å². The van der Waals surface area contributed by atoms with Crippen LogP contribution in [0.15, 0.2) is 41.3 Å². The zero-order valence-corrected chi connectivity index (χ0v) is 14.3. The molecule has 0 atom stereocenters. The van der Waals surface area contributed by atoms with Gasteiger partial charge in [0.05, 0.1) is 23.4 Å². The van der Waals surface area contributed by atoms with Gasteiger partial charge in [0.1, 0.15) is 11.6 Å². The molecule has 0 spiro atoms. The van der Waals surface area contributed by atoms with Gasteiger partial charge >= 0.3 is 0 Å². The summed E-state index contributed by atoms with van der Waals surface area (Å²) in [6, 6.07) is 7.38. The fourth-order valence-corrected chi connectivity index (χ4v) is 3.16. The van der Waals surface area contributed by atoms with Crippen molar-refractivity contribution in [2.45, 2.75) is 11.8 Å². The summed E-state index contributed by atoms with van der Waals surface area (Å²) < 4.78 is 45.7. The third kappa shape index (κ3) is 4.15. The minimum Gasteiger partial charge on any atom is -0.495 e. The van der Waals surface area contributed by atoms with E-state index in [1.54, 1.807) is 0 Å². The molecule has 0 radical (unpaired) electrons. The predicted molar refractivity (Wildman–Crippen MR) is 89.5 cm³/mol. The number of hydrogen-bond donors (Lipinski definition) is 2. The summed E-state index contributed by atoms with van der Waals surface area (Å²) in [6.07, 6.45) is 0. The highest BCUT2D eigenvalue weighted by molar-refractivity contribution is 7.92. The Labute approximate surface area is 143 Å². The molecule has 0 fully saturated rings. The van der Waals surface area contributed by atoms with Gasteiger partial charge in [-0.25, -0.2) is 12.8 Å². The van der Waals surface area contributed by atoms with E-state index in [1.807, 2.05) is 0 Å². The third-order valence-corrected chi connectivity index (χ3v) is 4.56. The molecular weight excluding hydrogens is 359 g/mol. The lowest BCUT2D eigenvalue weighted by atomic mass is 10.3. The first-order chi connectivity index (χ1) is 11.2. The Morgan fingerprint density at radius 3 is 2.50 bits per heavy atom. The Hall–Kier alpha value is -2.32. The highest BCUT2D eigenvalue weighted by atomic mass is 35.5. The number of sulfonamides is 1. The number of nitrogens with one attached hydrogen (secondary N) is 2. The highest BCUT2D eigenvalue weighted by Gasteiger charge is 2.19. The molecule has 0 bridgehead atoms. The molecule has 0 saturated heterocycles. The number of amides is 1. The molecule has 0 aromatic heterocycles. The van der Waals surface area contributed by atoms with Crippen LogP contribution in [0, 0.1) is 5.82 Å². The largest absolute Gasteiger partial charge is 0.495 e. The average Bonchev–Trinajstić information content (AvgIpc) is 2.50. The number of rotatable bonds is 5. The Kier molecular flexibility index (Phi) is 5.30. The van der Waals surface area contributed by atoms with Crippen LogP contribution in [0.1, 0.15) is 6.92 Å². The lowest BCUT2D eigenvalue weighted by Gasteiger charge is -2.13. The maximum absolute atomic E-state index is 13.7. The van der Waals surface area contributed by atoms with Gasteiger partial charge in [0.25, 0.3) is 10.0 Å². The minimum atomic E-state index is -4.07. The summed E-state index contributed by atoms with van der Waals surface area (Å²) in [5, 5.41) is 2.70. The van der Waals surface area contributed by atoms with Gasteiger partial charge in [-0.1, -0.05) is 11.6 Å². The molecular formula is C15H14ClFN2O4S. The van der Waals surface area contributed by atoms with Crippen molar-refractivity contribution >= 4 is 38.9 Å². The van der Waals surface area contributed by atoms with E-state index in [1.165, 1.54) is 38.3 Å². The first-order valence-corrected chi connectivity index (χ1v) is 8.52. The standard InChI is InChI=1S/C15H14ClFN2O4S/c1-9(20)18-13-6-4-11(8-15(13)23-2)24(21,22)19-14-7-10(16)3-5-12(14)17/h3-8,19H,1-2H3,(H,18,20). The van der Waals surface area contributed by atoms with Crippen LogP contribution in [0.3, 0.4) is 0 Å². The summed E-state index contributed by atoms with van der Waals surface area (Å²) in [5.74, 6) is -0.938. The van der Waals surface area contributed by atoms with E-state index in [4.69, 9.17) is 16.3 Å². The summed E-state index contributed by atoms with van der Waals surface area (Å²) in [6.45, 7) is 1.31. The number of carbonyl (C=O) groups is 1. The number of halogens is 2. The first kappa shape index (κ1) is 18.0. The quantitative estimate of drug-likeness (QED) is 0.843. The normalized spacial score (nSPS) is 11.0. The van der Waals surface area contributed by atoms with Gasteiger partial charge in [-0.15, -0.1) is 0 Å². The number of hydrogen-bond acceptors (Lipinski definition) is 4. The van der Waals surface area contributed by atoms with Crippen molar-refractivity contribution in [1.82, 2.24) is 0 Å². The van der Waals surface area contributed by atoms with Crippen LogP contribution in [0.2, 0.25) is 5.02 Å². The van der Waals surface area contributed by atoms with E-state index in [-0.39, 0.29) is 27.3 Å². The van der Waals surface area contributed by atoms with Crippen LogP contribution in [-0.4, -0.2) is 21.4 Å². The molecule has 24 heavy (non-hydrogen) atoms. The van der Waals surface area contributed by atoms with Gasteiger partial charge in [0.2, 0.25) is 5.91 Å². The topological polar surface area (TPSA) is 84.5 Å². The molecule has 2 N–H and O–H groups in total. The predicted octanol–water partition coefficient (Wildman–Crippen LogP) is 3.25. The molecule has 1 amide bonds. The van der Waals surface area contributed by atoms with Crippen LogP contribution in [-0.2, 0) is 14.8 Å². The minimum absolute atomic E-state index is 0.152. The molecule has 0 aliphatic heterocycles. The zero-order valence-electron chi connectivity index (χ0n) is 12.8. The van der Waals surface area contributed by atoms with Crippen molar-refractivity contribution < 1.29 is 22.3 Å². The maximum atomic E-state index is 13.7. The summed E-state index contributed by atoms with van der Waals surface area (Å²) in [5.41, 5.74) is 0.0466. The van der Waals surface area contributed by atoms with Gasteiger partial charge in [0, 0.05) is 18.0 Å². The molecule has 0 aliphatic rings. The Balaban J connectivity index is 2.38. The number of benzene rings is 2. The summed E-state index contributed by atoms with van der Waals surface area (Å²) in [4.78, 5) is 11.0. The Morgan fingerprint density at radius 2 is 1.88 bits per heavy atom. The molecule has 0 unspecified atom stereocenters. The second kappa shape index (κ2) is 7.06. The number of ether oxygens (including phenoxy) is 1. The van der Waals surface area contributed by atoms with Gasteiger partial charge in [-0.05, 0) is 30.3 Å². The van der Waals surface area contributed by atoms with Crippen molar-refractivity contribution in [3.05, 3.63) is 47.2 Å². The average molecular weight is 373 g/mol. The first-order valence-electron chi connectivity index (χ1n) is 6.66. The second-order valence-corrected chi connectivity index (χ2v) is 6.89. The molecule has 6 nitrogen and oxygen atoms in total. The molecule has 2 rings (SSSR count). The molecule has 0 heterocycles. The third-order valence-electron chi connectivity index (χ3n) is 2.97. The van der Waals surface area contributed by atoms with E-state index < -0.39 is 15.8 Å². The van der Waals surface area contributed by atoms with Crippen molar-refractivity contribution in [3.63, 3.8) is 0 Å². The molecule has 2 aromatic rings. The Bertz CT molecular complexity index is 887. The summed E-state index contributed by atoms with van der Waals surface area (Å²) in [7, 11) is -2.74. The summed E-state index contributed by atoms with van der Waals surface area (Å²) >= 11 is 5.75. The van der Waals surface area contributed by atoms with Crippen molar-refractivity contribution in [3.8, 4) is 5.75 Å². The van der Waals surface area contributed by atoms with E-state index in [2.05, 4.69) is 10.0 Å². The Morgan fingerprint density at radius 1 is 1.17 bits per heavy atom. The molecule has 128 valence electrons. The number of anilines is 2. The fourth-order valence-electron chi connectivity index (χ4n) is 1.91. The fraction of sp³-hybridized carbons (Fsp3) is 0.133. The number of carbonyl (C=O) groups excluding carboxylic acids is 1. The van der Waals surface area contributed by atoms with E-state index in [0.29, 0.717) is 5.69 Å². The van der Waals surface area contributed by atoms with Gasteiger partial charge in [0.15, 0.2) is 0 Å². The SMILES string of the molecule is COc1cc(S(=O)(=O)Nc2cc(Cl)ccc2F)ccc1NC(C)=O. The van der Waals surface area contributed by atoms with Crippen LogP contribution in [0.25, 0.3) is 0 Å². The van der Waals surface area contributed by atoms with Crippen LogP contribution in [0.4, 0.5) is 15.8 Å². The molecule has 0 aliphatic carbocycles. The maximum Gasteiger partial charge on any atom is 0.262 e. The van der Waals surface area contributed by atoms with Crippen molar-refractivity contribution in [2.24, 2.45) is 0 Å². The van der Waals surface area contributed by atoms with Crippen LogP contribution >= 0.6 is 11.6 Å². The monoisotopic (exact) mass is 372 g/mol. The van der Waals surface area contributed by atoms with Crippen LogP contribution < -0.4 is 14.8 Å².